The first-order chi connectivity index (χ1) is 9.25. The summed E-state index contributed by atoms with van der Waals surface area (Å²) in [6.07, 6.45) is -0.740. The monoisotopic (exact) mass is 266 g/mol. The summed E-state index contributed by atoms with van der Waals surface area (Å²) in [5.41, 5.74) is 1.06. The highest BCUT2D eigenvalue weighted by Gasteiger charge is 2.28. The highest BCUT2D eigenvalue weighted by atomic mass is 16.7. The first-order valence-electron chi connectivity index (χ1n) is 6.24. The lowest BCUT2D eigenvalue weighted by molar-refractivity contribution is -0.158. The minimum Gasteiger partial charge on any atom is -0.457 e. The Bertz CT molecular complexity index is 392. The Morgan fingerprint density at radius 3 is 2.58 bits per heavy atom. The molecular formula is C14H18O5. The van der Waals surface area contributed by atoms with E-state index in [1.54, 1.807) is 0 Å². The van der Waals surface area contributed by atoms with Crippen molar-refractivity contribution >= 4 is 5.97 Å². The minimum absolute atomic E-state index is 0.197. The van der Waals surface area contributed by atoms with E-state index in [0.29, 0.717) is 19.8 Å². The van der Waals surface area contributed by atoms with Gasteiger partial charge in [-0.15, -0.1) is 0 Å². The van der Waals surface area contributed by atoms with E-state index in [1.165, 1.54) is 6.92 Å². The van der Waals surface area contributed by atoms with Crippen LogP contribution in [0.2, 0.25) is 0 Å². The maximum absolute atomic E-state index is 11.1. The molecule has 0 radical (unpaired) electrons. The largest absolute Gasteiger partial charge is 0.457 e. The van der Waals surface area contributed by atoms with Gasteiger partial charge in [-0.3, -0.25) is 4.79 Å². The molecule has 0 N–H and O–H groups in total. The van der Waals surface area contributed by atoms with Crippen LogP contribution in [0.3, 0.4) is 0 Å². The first-order valence-corrected chi connectivity index (χ1v) is 6.24. The summed E-state index contributed by atoms with van der Waals surface area (Å²) < 4.78 is 21.5. The molecule has 104 valence electrons. The average Bonchev–Trinajstić information content (AvgIpc) is 2.62. The number of ether oxygens (including phenoxy) is 4. The molecule has 0 spiro atoms. The number of hydrogen-bond acceptors (Lipinski definition) is 5. The first kappa shape index (κ1) is 14.0. The summed E-state index contributed by atoms with van der Waals surface area (Å²) in [4.78, 5) is 11.1. The molecule has 0 aliphatic carbocycles. The molecule has 1 heterocycles. The smallest absolute Gasteiger partial charge is 0.303 e. The van der Waals surface area contributed by atoms with E-state index in [-0.39, 0.29) is 18.9 Å². The van der Waals surface area contributed by atoms with E-state index in [2.05, 4.69) is 0 Å². The summed E-state index contributed by atoms with van der Waals surface area (Å²) in [5, 5.41) is 0. The normalized spacial score (nSPS) is 23.6. The van der Waals surface area contributed by atoms with Gasteiger partial charge >= 0.3 is 5.97 Å². The molecule has 0 saturated carbocycles. The van der Waals surface area contributed by atoms with Crippen LogP contribution >= 0.6 is 0 Å². The van der Waals surface area contributed by atoms with Crippen molar-refractivity contribution in [3.05, 3.63) is 35.9 Å². The lowest BCUT2D eigenvalue weighted by Gasteiger charge is -2.23. The Kier molecular flexibility index (Phi) is 5.32. The summed E-state index contributed by atoms with van der Waals surface area (Å²) >= 11 is 0. The predicted molar refractivity (Wildman–Crippen MR) is 67.3 cm³/mol. The second-order valence-corrected chi connectivity index (χ2v) is 4.34. The maximum Gasteiger partial charge on any atom is 0.303 e. The van der Waals surface area contributed by atoms with Gasteiger partial charge in [0.2, 0.25) is 0 Å². The van der Waals surface area contributed by atoms with Gasteiger partial charge in [-0.1, -0.05) is 30.3 Å². The quantitative estimate of drug-likeness (QED) is 0.773. The van der Waals surface area contributed by atoms with Crippen molar-refractivity contribution in [1.82, 2.24) is 0 Å². The van der Waals surface area contributed by atoms with Crippen LogP contribution in [-0.4, -0.2) is 38.2 Å². The summed E-state index contributed by atoms with van der Waals surface area (Å²) in [7, 11) is 0. The fourth-order valence-electron chi connectivity index (χ4n) is 1.86. The average molecular weight is 266 g/mol. The van der Waals surface area contributed by atoms with E-state index in [1.807, 2.05) is 30.3 Å². The van der Waals surface area contributed by atoms with Gasteiger partial charge in [0.25, 0.3) is 0 Å². The third kappa shape index (κ3) is 4.63. The molecule has 1 fully saturated rings. The van der Waals surface area contributed by atoms with Crippen molar-refractivity contribution in [1.29, 1.82) is 0 Å². The molecule has 5 nitrogen and oxygen atoms in total. The third-order valence-corrected chi connectivity index (χ3v) is 2.77. The Morgan fingerprint density at radius 1 is 1.21 bits per heavy atom. The van der Waals surface area contributed by atoms with Crippen molar-refractivity contribution in [3.8, 4) is 0 Å². The van der Waals surface area contributed by atoms with Gasteiger partial charge in [-0.25, -0.2) is 0 Å². The minimum atomic E-state index is -0.427. The maximum atomic E-state index is 11.1. The van der Waals surface area contributed by atoms with Gasteiger partial charge in [0.15, 0.2) is 6.10 Å². The number of benzene rings is 1. The van der Waals surface area contributed by atoms with Crippen LogP contribution < -0.4 is 0 Å². The number of carbonyl (C=O) groups is 1. The summed E-state index contributed by atoms with van der Waals surface area (Å²) in [6, 6.07) is 9.82. The zero-order valence-corrected chi connectivity index (χ0v) is 10.9. The number of carbonyl (C=O) groups excluding carboxylic acids is 1. The van der Waals surface area contributed by atoms with Gasteiger partial charge < -0.3 is 18.9 Å². The predicted octanol–water partition coefficient (Wildman–Crippen LogP) is 1.51. The lowest BCUT2D eigenvalue weighted by Crippen LogP contribution is -2.37. The van der Waals surface area contributed by atoms with E-state index in [9.17, 15) is 4.79 Å². The molecule has 1 aromatic rings. The van der Waals surface area contributed by atoms with Gasteiger partial charge in [0, 0.05) is 6.92 Å². The van der Waals surface area contributed by atoms with E-state index in [0.717, 1.165) is 5.56 Å². The van der Waals surface area contributed by atoms with Crippen LogP contribution in [0.25, 0.3) is 0 Å². The molecule has 1 aliphatic heterocycles. The van der Waals surface area contributed by atoms with Crippen molar-refractivity contribution in [3.63, 3.8) is 0 Å². The van der Waals surface area contributed by atoms with Gasteiger partial charge in [-0.05, 0) is 5.56 Å². The fraction of sp³-hybridized carbons (Fsp3) is 0.500. The Labute approximate surface area is 112 Å². The second kappa shape index (κ2) is 7.23. The molecule has 0 bridgehead atoms. The van der Waals surface area contributed by atoms with Crippen molar-refractivity contribution in [2.24, 2.45) is 0 Å². The third-order valence-electron chi connectivity index (χ3n) is 2.77. The highest BCUT2D eigenvalue weighted by Crippen LogP contribution is 2.13. The molecule has 1 saturated heterocycles. The van der Waals surface area contributed by atoms with Crippen LogP contribution in [0.4, 0.5) is 0 Å². The molecule has 0 amide bonds. The van der Waals surface area contributed by atoms with E-state index < -0.39 is 6.10 Å². The Balaban J connectivity index is 1.92. The summed E-state index contributed by atoms with van der Waals surface area (Å²) in [5.74, 6) is -0.344. The molecule has 1 aromatic carbocycles. The molecule has 0 aromatic heterocycles. The summed E-state index contributed by atoms with van der Waals surface area (Å²) in [6.45, 7) is 2.67. The van der Waals surface area contributed by atoms with Crippen LogP contribution in [0.1, 0.15) is 12.5 Å². The molecular weight excluding hydrogens is 248 g/mol. The highest BCUT2D eigenvalue weighted by molar-refractivity contribution is 5.66. The second-order valence-electron chi connectivity index (χ2n) is 4.34. The molecule has 19 heavy (non-hydrogen) atoms. The van der Waals surface area contributed by atoms with E-state index >= 15 is 0 Å². The Morgan fingerprint density at radius 2 is 1.89 bits per heavy atom. The Hall–Kier alpha value is -1.43. The zero-order chi connectivity index (χ0) is 13.5. The number of hydrogen-bond donors (Lipinski definition) is 0. The topological polar surface area (TPSA) is 54.0 Å². The van der Waals surface area contributed by atoms with Crippen molar-refractivity contribution in [2.45, 2.75) is 25.7 Å². The van der Waals surface area contributed by atoms with Gasteiger partial charge in [0.1, 0.15) is 12.9 Å². The fourth-order valence-corrected chi connectivity index (χ4v) is 1.86. The van der Waals surface area contributed by atoms with Crippen LogP contribution in [-0.2, 0) is 30.3 Å². The molecule has 0 unspecified atom stereocenters. The van der Waals surface area contributed by atoms with Crippen LogP contribution in [0.15, 0.2) is 30.3 Å². The van der Waals surface area contributed by atoms with Crippen molar-refractivity contribution < 1.29 is 23.7 Å². The standard InChI is InChI=1S/C14H18O5/c1-11(15)19-14-9-17-10-16-8-13(14)18-7-12-5-3-2-4-6-12/h2-6,13-14H,7-10H2,1H3/t13-,14-/m1/s1. The van der Waals surface area contributed by atoms with Crippen LogP contribution in [0, 0.1) is 0 Å². The number of esters is 1. The SMILES string of the molecule is CC(=O)O[C@@H]1COCOC[C@H]1OCc1ccccc1. The van der Waals surface area contributed by atoms with Gasteiger partial charge in [-0.2, -0.15) is 0 Å². The number of rotatable bonds is 4. The molecule has 1 aliphatic rings. The van der Waals surface area contributed by atoms with Gasteiger partial charge in [0.05, 0.1) is 19.8 Å². The molecule has 5 heteroatoms. The lowest BCUT2D eigenvalue weighted by atomic mass is 10.2. The zero-order valence-electron chi connectivity index (χ0n) is 10.9. The molecule has 2 atom stereocenters. The van der Waals surface area contributed by atoms with Crippen molar-refractivity contribution in [2.75, 3.05) is 20.0 Å². The molecule has 2 rings (SSSR count). The van der Waals surface area contributed by atoms with Crippen LogP contribution in [0.5, 0.6) is 0 Å². The van der Waals surface area contributed by atoms with E-state index in [4.69, 9.17) is 18.9 Å².